The van der Waals surface area contributed by atoms with Crippen LogP contribution in [0.1, 0.15) is 39.0 Å². The van der Waals surface area contributed by atoms with Gasteiger partial charge in [0.25, 0.3) is 0 Å². The van der Waals surface area contributed by atoms with Gasteiger partial charge in [-0.05, 0) is 55.4 Å². The minimum atomic E-state index is -1.53. The molecule has 4 aliphatic carbocycles. The summed E-state index contributed by atoms with van der Waals surface area (Å²) < 4.78 is 0. The first kappa shape index (κ1) is 14.3. The first-order valence-corrected chi connectivity index (χ1v) is 11.8. The lowest BCUT2D eigenvalue weighted by Crippen LogP contribution is -2.33. The van der Waals surface area contributed by atoms with Crippen molar-refractivity contribution in [3.63, 3.8) is 0 Å². The number of fused-ring (bicyclic) bond motifs is 2. The topological polar surface area (TPSA) is 0 Å². The normalized spacial score (nSPS) is 27.1. The molecule has 0 spiro atoms. The second-order valence-corrected chi connectivity index (χ2v) is 12.1. The molecule has 114 valence electrons. The average molecular weight is 307 g/mol. The zero-order valence-corrected chi connectivity index (χ0v) is 15.1. The van der Waals surface area contributed by atoms with Gasteiger partial charge in [-0.1, -0.05) is 65.9 Å². The Morgan fingerprint density at radius 1 is 1.09 bits per heavy atom. The highest BCUT2D eigenvalue weighted by Crippen LogP contribution is 2.48. The molecule has 0 amide bonds. The first-order chi connectivity index (χ1) is 10.6. The Labute approximate surface area is 135 Å². The number of rotatable bonds is 2. The lowest BCUT2D eigenvalue weighted by molar-refractivity contribution is 0.638. The Balaban J connectivity index is 1.80. The van der Waals surface area contributed by atoms with Crippen molar-refractivity contribution in [2.75, 3.05) is 0 Å². The van der Waals surface area contributed by atoms with Crippen LogP contribution in [0.2, 0.25) is 13.1 Å². The number of hydrogen-bond donors (Lipinski definition) is 0. The van der Waals surface area contributed by atoms with E-state index in [2.05, 4.69) is 56.5 Å². The SMILES string of the molecule is CC1=CC2C(=C1[Si](C)(C)C1=CC=CC1)C=CC1=C2CCCC1. The molecule has 1 heteroatoms. The van der Waals surface area contributed by atoms with Gasteiger partial charge < -0.3 is 0 Å². The fraction of sp³-hybridized carbons (Fsp3) is 0.429. The molecule has 0 saturated carbocycles. The van der Waals surface area contributed by atoms with Gasteiger partial charge in [-0.3, -0.25) is 0 Å². The third-order valence-electron chi connectivity index (χ3n) is 6.03. The standard InChI is InChI=1S/C21H26Si/c1-15-14-20-18-11-7-4-8-16(18)12-13-19(20)21(15)22(2,3)17-9-5-6-10-17/h5-6,9,12-14,20H,4,7-8,10-11H2,1-3H3. The Kier molecular flexibility index (Phi) is 3.30. The molecule has 0 bridgehead atoms. The lowest BCUT2D eigenvalue weighted by Gasteiger charge is -2.32. The third-order valence-corrected chi connectivity index (χ3v) is 9.94. The Morgan fingerprint density at radius 3 is 2.68 bits per heavy atom. The van der Waals surface area contributed by atoms with E-state index in [4.69, 9.17) is 0 Å². The van der Waals surface area contributed by atoms with Crippen LogP contribution in [0.25, 0.3) is 0 Å². The highest BCUT2D eigenvalue weighted by atomic mass is 28.3. The van der Waals surface area contributed by atoms with E-state index in [1.165, 1.54) is 32.1 Å². The summed E-state index contributed by atoms with van der Waals surface area (Å²) in [6, 6.07) is 0. The molecule has 0 nitrogen and oxygen atoms in total. The van der Waals surface area contributed by atoms with Crippen molar-refractivity contribution < 1.29 is 0 Å². The Hall–Kier alpha value is -1.34. The van der Waals surface area contributed by atoms with Crippen LogP contribution >= 0.6 is 0 Å². The quantitative estimate of drug-likeness (QED) is 0.551. The predicted molar refractivity (Wildman–Crippen MR) is 98.2 cm³/mol. The molecule has 0 aromatic rings. The second-order valence-electron chi connectivity index (χ2n) is 7.70. The van der Waals surface area contributed by atoms with Crippen LogP contribution in [0.5, 0.6) is 0 Å². The van der Waals surface area contributed by atoms with Crippen LogP contribution in [0.3, 0.4) is 0 Å². The van der Waals surface area contributed by atoms with E-state index in [0.717, 1.165) is 0 Å². The fourth-order valence-corrected chi connectivity index (χ4v) is 8.39. The highest BCUT2D eigenvalue weighted by molar-refractivity contribution is 6.91. The van der Waals surface area contributed by atoms with Crippen molar-refractivity contribution >= 4 is 8.07 Å². The van der Waals surface area contributed by atoms with Crippen molar-refractivity contribution in [3.8, 4) is 0 Å². The van der Waals surface area contributed by atoms with Gasteiger partial charge in [0, 0.05) is 5.92 Å². The molecule has 0 N–H and O–H groups in total. The summed E-state index contributed by atoms with van der Waals surface area (Å²) in [5.74, 6) is 0.608. The van der Waals surface area contributed by atoms with Crippen molar-refractivity contribution in [1.82, 2.24) is 0 Å². The largest absolute Gasteiger partial charge is 0.108 e. The molecule has 0 aliphatic heterocycles. The molecule has 0 radical (unpaired) electrons. The van der Waals surface area contributed by atoms with Crippen LogP contribution in [-0.4, -0.2) is 8.07 Å². The van der Waals surface area contributed by atoms with Gasteiger partial charge in [0.1, 0.15) is 8.07 Å². The van der Waals surface area contributed by atoms with Crippen molar-refractivity contribution in [3.05, 3.63) is 69.1 Å². The van der Waals surface area contributed by atoms with Gasteiger partial charge in [-0.2, -0.15) is 0 Å². The monoisotopic (exact) mass is 306 g/mol. The lowest BCUT2D eigenvalue weighted by atomic mass is 9.78. The van der Waals surface area contributed by atoms with Gasteiger partial charge in [-0.25, -0.2) is 0 Å². The maximum absolute atomic E-state index is 2.58. The molecule has 1 unspecified atom stereocenters. The summed E-state index contributed by atoms with van der Waals surface area (Å²) >= 11 is 0. The van der Waals surface area contributed by atoms with Gasteiger partial charge in [0.15, 0.2) is 0 Å². The maximum Gasteiger partial charge on any atom is 0.108 e. The van der Waals surface area contributed by atoms with Gasteiger partial charge in [-0.15, -0.1) is 0 Å². The summed E-state index contributed by atoms with van der Waals surface area (Å²) in [4.78, 5) is 0. The summed E-state index contributed by atoms with van der Waals surface area (Å²) in [6.07, 6.45) is 21.0. The second kappa shape index (κ2) is 5.09. The smallest absolute Gasteiger partial charge is 0.0809 e. The molecule has 22 heavy (non-hydrogen) atoms. The van der Waals surface area contributed by atoms with E-state index in [-0.39, 0.29) is 0 Å². The van der Waals surface area contributed by atoms with E-state index in [1.807, 2.05) is 0 Å². The fourth-order valence-electron chi connectivity index (χ4n) is 4.89. The molecule has 0 heterocycles. The first-order valence-electron chi connectivity index (χ1n) is 8.78. The summed E-state index contributed by atoms with van der Waals surface area (Å²) in [7, 11) is -1.53. The van der Waals surface area contributed by atoms with Gasteiger partial charge in [0.2, 0.25) is 0 Å². The molecule has 1 atom stereocenters. The highest BCUT2D eigenvalue weighted by Gasteiger charge is 2.39. The average Bonchev–Trinajstić information content (AvgIpc) is 3.14. The summed E-state index contributed by atoms with van der Waals surface area (Å²) in [6.45, 7) is 7.45. The molecular weight excluding hydrogens is 280 g/mol. The van der Waals surface area contributed by atoms with E-state index >= 15 is 0 Å². The Morgan fingerprint density at radius 2 is 1.91 bits per heavy atom. The van der Waals surface area contributed by atoms with Crippen LogP contribution in [-0.2, 0) is 0 Å². The zero-order chi connectivity index (χ0) is 15.3. The van der Waals surface area contributed by atoms with Crippen LogP contribution in [0.4, 0.5) is 0 Å². The molecule has 0 saturated heterocycles. The Bertz CT molecular complexity index is 704. The van der Waals surface area contributed by atoms with E-state index < -0.39 is 8.07 Å². The number of hydrogen-bond acceptors (Lipinski definition) is 0. The molecular formula is C21H26Si. The van der Waals surface area contributed by atoms with Gasteiger partial charge in [0.05, 0.1) is 0 Å². The predicted octanol–water partition coefficient (Wildman–Crippen LogP) is 5.97. The van der Waals surface area contributed by atoms with E-state index in [9.17, 15) is 0 Å². The maximum atomic E-state index is 2.58. The van der Waals surface area contributed by atoms with Crippen LogP contribution < -0.4 is 0 Å². The zero-order valence-electron chi connectivity index (χ0n) is 14.1. The molecule has 0 aromatic heterocycles. The number of allylic oxidation sites excluding steroid dienone is 12. The third kappa shape index (κ3) is 2.02. The minimum absolute atomic E-state index is 0.608. The molecule has 4 aliphatic rings. The summed E-state index contributed by atoms with van der Waals surface area (Å²) in [5.41, 5.74) is 6.59. The van der Waals surface area contributed by atoms with Crippen LogP contribution in [0, 0.1) is 5.92 Å². The van der Waals surface area contributed by atoms with E-state index in [0.29, 0.717) is 5.92 Å². The van der Waals surface area contributed by atoms with Crippen molar-refractivity contribution in [2.45, 2.75) is 52.1 Å². The minimum Gasteiger partial charge on any atom is -0.0809 e. The molecule has 0 fully saturated rings. The van der Waals surface area contributed by atoms with Crippen molar-refractivity contribution in [2.24, 2.45) is 5.92 Å². The summed E-state index contributed by atoms with van der Waals surface area (Å²) in [5, 5.41) is 3.42. The molecule has 0 aromatic carbocycles. The van der Waals surface area contributed by atoms with Crippen LogP contribution in [0.15, 0.2) is 69.1 Å². The van der Waals surface area contributed by atoms with E-state index in [1.54, 1.807) is 32.7 Å². The molecule has 4 rings (SSSR count). The van der Waals surface area contributed by atoms with Gasteiger partial charge >= 0.3 is 0 Å². The van der Waals surface area contributed by atoms with Crippen molar-refractivity contribution in [1.29, 1.82) is 0 Å².